The summed E-state index contributed by atoms with van der Waals surface area (Å²) in [5.74, 6) is 0.341. The zero-order valence-corrected chi connectivity index (χ0v) is 17.7. The van der Waals surface area contributed by atoms with Crippen LogP contribution in [-0.2, 0) is 13.0 Å². The van der Waals surface area contributed by atoms with Gasteiger partial charge in [-0.2, -0.15) is 9.97 Å². The molecule has 0 atom stereocenters. The predicted molar refractivity (Wildman–Crippen MR) is 116 cm³/mol. The molecule has 2 N–H and O–H groups in total. The minimum absolute atomic E-state index is 0.303. The normalized spacial score (nSPS) is 11.5. The number of nitrogen functional groups attached to an aromatic ring is 1. The highest BCUT2D eigenvalue weighted by Crippen LogP contribution is 2.25. The molecule has 6 nitrogen and oxygen atoms in total. The fourth-order valence-electron chi connectivity index (χ4n) is 2.97. The van der Waals surface area contributed by atoms with Crippen LogP contribution in [0.25, 0.3) is 11.2 Å². The number of benzene rings is 1. The number of imidazole rings is 1. The SMILES string of the molecule is CC/C=C/CCCn1c(Br)nc2c(N)nc(OCCCc3ccccc3)nc21. The van der Waals surface area contributed by atoms with Crippen LogP contribution < -0.4 is 10.5 Å². The fraction of sp³-hybridized carbons (Fsp3) is 0.381. The molecule has 2 heterocycles. The molecule has 0 unspecified atom stereocenters. The second-order valence-electron chi connectivity index (χ2n) is 6.56. The molecule has 7 heteroatoms. The average molecular weight is 444 g/mol. The van der Waals surface area contributed by atoms with Gasteiger partial charge < -0.3 is 15.0 Å². The van der Waals surface area contributed by atoms with Crippen molar-refractivity contribution in [3.63, 3.8) is 0 Å². The van der Waals surface area contributed by atoms with Gasteiger partial charge in [0.25, 0.3) is 0 Å². The van der Waals surface area contributed by atoms with E-state index in [1.54, 1.807) is 0 Å². The number of hydrogen-bond donors (Lipinski definition) is 1. The number of rotatable bonds is 10. The number of nitrogens with zero attached hydrogens (tertiary/aromatic N) is 4. The molecule has 3 rings (SSSR count). The minimum Gasteiger partial charge on any atom is -0.463 e. The van der Waals surface area contributed by atoms with Crippen LogP contribution in [0.4, 0.5) is 5.82 Å². The van der Waals surface area contributed by atoms with Gasteiger partial charge in [0.1, 0.15) is 0 Å². The molecule has 0 saturated heterocycles. The molecule has 1 aromatic carbocycles. The highest BCUT2D eigenvalue weighted by atomic mass is 79.9. The summed E-state index contributed by atoms with van der Waals surface area (Å²) in [6.45, 7) is 3.48. The number of allylic oxidation sites excluding steroid dienone is 2. The van der Waals surface area contributed by atoms with E-state index in [0.29, 0.717) is 34.3 Å². The lowest BCUT2D eigenvalue weighted by atomic mass is 10.1. The monoisotopic (exact) mass is 443 g/mol. The Morgan fingerprint density at radius 3 is 2.71 bits per heavy atom. The molecule has 0 fully saturated rings. The van der Waals surface area contributed by atoms with Gasteiger partial charge in [0.05, 0.1) is 6.61 Å². The van der Waals surface area contributed by atoms with Crippen molar-refractivity contribution in [1.29, 1.82) is 0 Å². The van der Waals surface area contributed by atoms with E-state index in [1.807, 2.05) is 22.8 Å². The van der Waals surface area contributed by atoms with Crippen molar-refractivity contribution >= 4 is 32.9 Å². The van der Waals surface area contributed by atoms with Crippen LogP contribution in [0.2, 0.25) is 0 Å². The Labute approximate surface area is 174 Å². The first-order valence-electron chi connectivity index (χ1n) is 9.70. The van der Waals surface area contributed by atoms with Crippen LogP contribution in [0.1, 0.15) is 38.2 Å². The Morgan fingerprint density at radius 2 is 1.93 bits per heavy atom. The lowest BCUT2D eigenvalue weighted by Crippen LogP contribution is -2.06. The quantitative estimate of drug-likeness (QED) is 0.273. The van der Waals surface area contributed by atoms with Crippen LogP contribution in [0.5, 0.6) is 6.01 Å². The molecule has 0 saturated carbocycles. The maximum atomic E-state index is 6.09. The summed E-state index contributed by atoms with van der Waals surface area (Å²) < 4.78 is 8.50. The van der Waals surface area contributed by atoms with Gasteiger partial charge >= 0.3 is 6.01 Å². The molecule has 0 bridgehead atoms. The van der Waals surface area contributed by atoms with Crippen LogP contribution >= 0.6 is 15.9 Å². The standard InChI is InChI=1S/C21H26BrN5O/c1-2-3-4-5-9-14-27-19-17(24-20(27)22)18(23)25-21(26-19)28-15-10-13-16-11-7-6-8-12-16/h3-4,6-8,11-12H,2,5,9-10,13-15H2,1H3,(H2,23,25,26)/b4-3+. The first-order chi connectivity index (χ1) is 13.7. The smallest absolute Gasteiger partial charge is 0.320 e. The van der Waals surface area contributed by atoms with Gasteiger partial charge in [0.15, 0.2) is 21.7 Å². The van der Waals surface area contributed by atoms with Crippen molar-refractivity contribution in [2.24, 2.45) is 0 Å². The molecular weight excluding hydrogens is 418 g/mol. The van der Waals surface area contributed by atoms with Crippen molar-refractivity contribution < 1.29 is 4.74 Å². The molecule has 0 amide bonds. The van der Waals surface area contributed by atoms with Crippen LogP contribution in [0.3, 0.4) is 0 Å². The van der Waals surface area contributed by atoms with E-state index in [4.69, 9.17) is 10.5 Å². The van der Waals surface area contributed by atoms with E-state index in [9.17, 15) is 0 Å². The summed E-state index contributed by atoms with van der Waals surface area (Å²) in [6.07, 6.45) is 9.30. The summed E-state index contributed by atoms with van der Waals surface area (Å²) in [7, 11) is 0. The average Bonchev–Trinajstić information content (AvgIpc) is 3.02. The number of nitrogens with two attached hydrogens (primary N) is 1. The molecule has 28 heavy (non-hydrogen) atoms. The summed E-state index contributed by atoms with van der Waals surface area (Å²) in [4.78, 5) is 13.3. The van der Waals surface area contributed by atoms with E-state index in [1.165, 1.54) is 5.56 Å². The molecule has 0 aliphatic rings. The van der Waals surface area contributed by atoms with Gasteiger partial charge in [-0.25, -0.2) is 4.98 Å². The number of aryl methyl sites for hydroxylation is 2. The number of fused-ring (bicyclic) bond motifs is 1. The van der Waals surface area contributed by atoms with Crippen molar-refractivity contribution in [3.05, 3.63) is 52.8 Å². The summed E-state index contributed by atoms with van der Waals surface area (Å²) in [6, 6.07) is 10.7. The third-order valence-electron chi connectivity index (χ3n) is 4.39. The fourth-order valence-corrected chi connectivity index (χ4v) is 3.50. The zero-order valence-electron chi connectivity index (χ0n) is 16.1. The Kier molecular flexibility index (Phi) is 7.42. The van der Waals surface area contributed by atoms with Crippen molar-refractivity contribution in [3.8, 4) is 6.01 Å². The van der Waals surface area contributed by atoms with E-state index < -0.39 is 0 Å². The molecule has 3 aromatic rings. The molecule has 2 aromatic heterocycles. The highest BCUT2D eigenvalue weighted by Gasteiger charge is 2.15. The third kappa shape index (κ3) is 5.32. The molecule has 0 aliphatic carbocycles. The number of hydrogen-bond acceptors (Lipinski definition) is 5. The maximum absolute atomic E-state index is 6.09. The summed E-state index contributed by atoms with van der Waals surface area (Å²) in [5, 5.41) is 0. The largest absolute Gasteiger partial charge is 0.463 e. The maximum Gasteiger partial charge on any atom is 0.320 e. The van der Waals surface area contributed by atoms with Gasteiger partial charge in [-0.15, -0.1) is 0 Å². The van der Waals surface area contributed by atoms with E-state index in [0.717, 1.165) is 38.6 Å². The second-order valence-corrected chi connectivity index (χ2v) is 7.26. The highest BCUT2D eigenvalue weighted by molar-refractivity contribution is 9.10. The second kappa shape index (κ2) is 10.2. The number of anilines is 1. The summed E-state index contributed by atoms with van der Waals surface area (Å²) in [5.41, 5.74) is 8.69. The van der Waals surface area contributed by atoms with Gasteiger partial charge in [-0.1, -0.05) is 49.4 Å². The lowest BCUT2D eigenvalue weighted by Gasteiger charge is -2.07. The Bertz CT molecular complexity index is 923. The molecular formula is C21H26BrN5O. The molecule has 0 aliphatic heterocycles. The zero-order chi connectivity index (χ0) is 19.8. The molecule has 148 valence electrons. The van der Waals surface area contributed by atoms with Crippen molar-refractivity contribution in [2.75, 3.05) is 12.3 Å². The first kappa shape index (κ1) is 20.3. The van der Waals surface area contributed by atoms with Crippen molar-refractivity contribution in [1.82, 2.24) is 19.5 Å². The minimum atomic E-state index is 0.303. The van der Waals surface area contributed by atoms with Crippen LogP contribution in [0.15, 0.2) is 47.2 Å². The van der Waals surface area contributed by atoms with E-state index in [2.05, 4.69) is 62.1 Å². The first-order valence-corrected chi connectivity index (χ1v) is 10.5. The molecule has 0 spiro atoms. The van der Waals surface area contributed by atoms with Gasteiger partial charge in [0, 0.05) is 6.54 Å². The van der Waals surface area contributed by atoms with Gasteiger partial charge in [-0.05, 0) is 53.6 Å². The number of halogens is 1. The third-order valence-corrected chi connectivity index (χ3v) is 5.00. The molecule has 0 radical (unpaired) electrons. The van der Waals surface area contributed by atoms with Gasteiger partial charge in [0.2, 0.25) is 0 Å². The van der Waals surface area contributed by atoms with E-state index >= 15 is 0 Å². The predicted octanol–water partition coefficient (Wildman–Crippen LogP) is 4.93. The van der Waals surface area contributed by atoms with Gasteiger partial charge in [-0.3, -0.25) is 0 Å². The number of aromatic nitrogens is 4. The Morgan fingerprint density at radius 1 is 1.11 bits per heavy atom. The Hall–Kier alpha value is -2.41. The summed E-state index contributed by atoms with van der Waals surface area (Å²) >= 11 is 3.51. The van der Waals surface area contributed by atoms with Crippen LogP contribution in [0, 0.1) is 0 Å². The Balaban J connectivity index is 1.64. The van der Waals surface area contributed by atoms with Crippen molar-refractivity contribution in [2.45, 2.75) is 45.6 Å². The lowest BCUT2D eigenvalue weighted by molar-refractivity contribution is 0.288. The van der Waals surface area contributed by atoms with Crippen LogP contribution in [-0.4, -0.2) is 26.1 Å². The number of unbranched alkanes of at least 4 members (excludes halogenated alkanes) is 1. The van der Waals surface area contributed by atoms with E-state index in [-0.39, 0.29) is 0 Å². The topological polar surface area (TPSA) is 78.9 Å². The number of ether oxygens (including phenoxy) is 1.